The summed E-state index contributed by atoms with van der Waals surface area (Å²) in [4.78, 5) is 38.8. The quantitative estimate of drug-likeness (QED) is 0.212. The highest BCUT2D eigenvalue weighted by Gasteiger charge is 2.54. The maximum atomic E-state index is 12.9. The van der Waals surface area contributed by atoms with Crippen LogP contribution in [0.5, 0.6) is 5.75 Å². The highest BCUT2D eigenvalue weighted by molar-refractivity contribution is 8.09. The van der Waals surface area contributed by atoms with E-state index in [0.717, 1.165) is 16.8 Å². The SMILES string of the molecule is CC(C)CC(NP(=S)(OC[C@H]1O[C@@H](n2ccc(=O)[nH]c2=O)[C@](C)(O)[C@@H]1O)Oc1ccccc1)C(=O)OC(C)C. The van der Waals surface area contributed by atoms with E-state index in [0.29, 0.717) is 12.2 Å². The molecule has 0 radical (unpaired) electrons. The number of aliphatic hydroxyl groups excluding tert-OH is 1. The number of H-pyrrole nitrogens is 1. The molecule has 14 heteroatoms. The lowest BCUT2D eigenvalue weighted by Crippen LogP contribution is -2.47. The zero-order valence-electron chi connectivity index (χ0n) is 22.5. The number of carbonyl (C=O) groups is 1. The number of aromatic amines is 1. The van der Waals surface area contributed by atoms with Crippen LogP contribution >= 0.6 is 6.64 Å². The summed E-state index contributed by atoms with van der Waals surface area (Å²) in [5.74, 6) is -0.00829. The van der Waals surface area contributed by atoms with Crippen molar-refractivity contribution in [1.29, 1.82) is 0 Å². The molecule has 2 unspecified atom stereocenters. The molecule has 39 heavy (non-hydrogen) atoms. The van der Waals surface area contributed by atoms with Crippen LogP contribution in [0.3, 0.4) is 0 Å². The minimum Gasteiger partial charge on any atom is -0.462 e. The lowest BCUT2D eigenvalue weighted by Gasteiger charge is -2.30. The first-order valence-corrected chi connectivity index (χ1v) is 15.2. The van der Waals surface area contributed by atoms with Gasteiger partial charge in [0.2, 0.25) is 0 Å². The van der Waals surface area contributed by atoms with Crippen molar-refractivity contribution in [2.45, 2.75) is 77.2 Å². The number of nitrogens with one attached hydrogen (secondary N) is 2. The molecule has 2 aromatic rings. The van der Waals surface area contributed by atoms with Gasteiger partial charge in [-0.2, -0.15) is 0 Å². The van der Waals surface area contributed by atoms with Crippen LogP contribution in [0, 0.1) is 5.92 Å². The van der Waals surface area contributed by atoms with Crippen LogP contribution < -0.4 is 20.9 Å². The van der Waals surface area contributed by atoms with Gasteiger partial charge in [0.25, 0.3) is 5.56 Å². The zero-order valence-corrected chi connectivity index (χ0v) is 24.2. The summed E-state index contributed by atoms with van der Waals surface area (Å²) in [6, 6.07) is 8.92. The summed E-state index contributed by atoms with van der Waals surface area (Å²) < 4.78 is 24.3. The molecular formula is C25H36N3O9PS. The minimum absolute atomic E-state index is 0.105. The first-order valence-electron chi connectivity index (χ1n) is 12.6. The van der Waals surface area contributed by atoms with Gasteiger partial charge >= 0.3 is 18.3 Å². The molecule has 12 nitrogen and oxygen atoms in total. The molecule has 1 aliphatic rings. The third kappa shape index (κ3) is 8.07. The standard InChI is InChI=1S/C25H36N3O9PS/c1-15(2)13-18(22(31)35-16(3)4)27-38(39,37-17-9-7-6-8-10-17)34-14-19-21(30)25(5,33)23(36-19)28-12-11-20(29)26-24(28)32/h6-12,15-16,18-19,21,23,30,33H,13-14H2,1-5H3,(H,27,39)(H,26,29,32)/t18?,19-,21-,23-,25-,38?/m1/s1. The number of carbonyl (C=O) groups excluding carboxylic acids is 1. The molecule has 4 N–H and O–H groups in total. The van der Waals surface area contributed by atoms with Crippen molar-refractivity contribution in [3.05, 3.63) is 63.4 Å². The fraction of sp³-hybridized carbons (Fsp3) is 0.560. The van der Waals surface area contributed by atoms with Crippen LogP contribution in [-0.2, 0) is 30.6 Å². The van der Waals surface area contributed by atoms with E-state index in [1.165, 1.54) is 6.92 Å². The Morgan fingerprint density at radius 1 is 1.23 bits per heavy atom. The maximum absolute atomic E-state index is 12.9. The van der Waals surface area contributed by atoms with Crippen molar-refractivity contribution in [2.24, 2.45) is 5.92 Å². The first kappa shape index (κ1) is 31.2. The van der Waals surface area contributed by atoms with E-state index in [1.54, 1.807) is 44.2 Å². The highest BCUT2D eigenvalue weighted by atomic mass is 32.5. The molecule has 1 fully saturated rings. The van der Waals surface area contributed by atoms with Gasteiger partial charge in [-0.05, 0) is 57.0 Å². The molecule has 0 spiro atoms. The smallest absolute Gasteiger partial charge is 0.330 e. The van der Waals surface area contributed by atoms with Crippen LogP contribution in [0.1, 0.15) is 47.3 Å². The second-order valence-corrected chi connectivity index (χ2v) is 13.3. The molecule has 1 aliphatic heterocycles. The molecule has 216 valence electrons. The summed E-state index contributed by atoms with van der Waals surface area (Å²) in [5.41, 5.74) is -3.36. The zero-order chi connectivity index (χ0) is 29.0. The predicted molar refractivity (Wildman–Crippen MR) is 147 cm³/mol. The van der Waals surface area contributed by atoms with Crippen LogP contribution in [0.15, 0.2) is 52.2 Å². The molecular weight excluding hydrogens is 549 g/mol. The van der Waals surface area contributed by atoms with Crippen LogP contribution in [0.4, 0.5) is 0 Å². The van der Waals surface area contributed by atoms with Crippen LogP contribution in [0.25, 0.3) is 0 Å². The largest absolute Gasteiger partial charge is 0.462 e. The van der Waals surface area contributed by atoms with Crippen molar-refractivity contribution < 1.29 is 33.5 Å². The average molecular weight is 586 g/mol. The number of nitrogens with zero attached hydrogens (tertiary/aromatic N) is 1. The Morgan fingerprint density at radius 2 is 1.90 bits per heavy atom. The molecule has 1 aromatic heterocycles. The number of hydrogen-bond donors (Lipinski definition) is 4. The number of esters is 1. The third-order valence-electron chi connectivity index (χ3n) is 5.89. The molecule has 0 saturated carbocycles. The Balaban J connectivity index is 1.86. The molecule has 0 aliphatic carbocycles. The van der Waals surface area contributed by atoms with E-state index in [-0.39, 0.29) is 18.6 Å². The Morgan fingerprint density at radius 3 is 2.49 bits per heavy atom. The van der Waals surface area contributed by atoms with Gasteiger partial charge in [-0.25, -0.2) is 9.88 Å². The number of ether oxygens (including phenoxy) is 2. The summed E-state index contributed by atoms with van der Waals surface area (Å²) in [7, 11) is 0. The van der Waals surface area contributed by atoms with Gasteiger partial charge in [0, 0.05) is 12.3 Å². The van der Waals surface area contributed by atoms with Crippen LogP contribution in [-0.4, -0.2) is 62.3 Å². The van der Waals surface area contributed by atoms with Crippen LogP contribution in [0.2, 0.25) is 0 Å². The highest BCUT2D eigenvalue weighted by Crippen LogP contribution is 2.47. The van der Waals surface area contributed by atoms with E-state index in [1.807, 2.05) is 13.8 Å². The molecule has 1 aromatic carbocycles. The number of aromatic nitrogens is 2. The van der Waals surface area contributed by atoms with Crippen molar-refractivity contribution >= 4 is 24.4 Å². The summed E-state index contributed by atoms with van der Waals surface area (Å²) >= 11 is 5.79. The van der Waals surface area contributed by atoms with Gasteiger partial charge < -0.3 is 28.7 Å². The van der Waals surface area contributed by atoms with E-state index >= 15 is 0 Å². The van der Waals surface area contributed by atoms with Crippen molar-refractivity contribution in [2.75, 3.05) is 6.61 Å². The van der Waals surface area contributed by atoms with Gasteiger partial charge in [0.15, 0.2) is 6.23 Å². The fourth-order valence-electron chi connectivity index (χ4n) is 4.05. The Hall–Kier alpha value is -2.38. The van der Waals surface area contributed by atoms with E-state index < -0.39 is 53.9 Å². The number of benzene rings is 1. The third-order valence-corrected chi connectivity index (χ3v) is 8.32. The Labute approximate surface area is 231 Å². The Kier molecular flexibility index (Phi) is 10.3. The van der Waals surface area contributed by atoms with Gasteiger partial charge in [-0.1, -0.05) is 32.0 Å². The lowest BCUT2D eigenvalue weighted by molar-refractivity contribution is -0.150. The molecule has 0 bridgehead atoms. The monoisotopic (exact) mass is 585 g/mol. The topological polar surface area (TPSA) is 161 Å². The van der Waals surface area contributed by atoms with Crippen molar-refractivity contribution in [3.8, 4) is 5.75 Å². The van der Waals surface area contributed by atoms with Crippen molar-refractivity contribution in [1.82, 2.24) is 14.6 Å². The predicted octanol–water partition coefficient (Wildman–Crippen LogP) is 1.82. The molecule has 3 rings (SSSR count). The van der Waals surface area contributed by atoms with Gasteiger partial charge in [0.05, 0.1) is 12.7 Å². The number of rotatable bonds is 12. The van der Waals surface area contributed by atoms with Crippen molar-refractivity contribution in [3.63, 3.8) is 0 Å². The number of aliphatic hydroxyl groups is 2. The fourth-order valence-corrected chi connectivity index (χ4v) is 6.39. The molecule has 2 heterocycles. The van der Waals surface area contributed by atoms with E-state index in [9.17, 15) is 24.6 Å². The van der Waals surface area contributed by atoms with Gasteiger partial charge in [0.1, 0.15) is 29.6 Å². The summed E-state index contributed by atoms with van der Waals surface area (Å²) in [6.45, 7) is 4.84. The van der Waals surface area contributed by atoms with E-state index in [2.05, 4.69) is 10.1 Å². The number of para-hydroxylation sites is 1. The molecule has 6 atom stereocenters. The maximum Gasteiger partial charge on any atom is 0.330 e. The summed E-state index contributed by atoms with van der Waals surface area (Å²) in [5, 5.41) is 24.9. The van der Waals surface area contributed by atoms with E-state index in [4.69, 9.17) is 30.3 Å². The first-order chi connectivity index (χ1) is 18.2. The van der Waals surface area contributed by atoms with Gasteiger partial charge in [-0.15, -0.1) is 0 Å². The molecule has 1 saturated heterocycles. The number of hydrogen-bond acceptors (Lipinski definition) is 10. The lowest BCUT2D eigenvalue weighted by atomic mass is 9.96. The average Bonchev–Trinajstić information content (AvgIpc) is 3.06. The van der Waals surface area contributed by atoms with Gasteiger partial charge in [-0.3, -0.25) is 19.1 Å². The minimum atomic E-state index is -3.49. The normalized spacial score (nSPS) is 25.4. The molecule has 0 amide bonds. The second kappa shape index (κ2) is 12.9. The Bertz CT molecular complexity index is 1280. The second-order valence-electron chi connectivity index (χ2n) is 10.2. The summed E-state index contributed by atoms with van der Waals surface area (Å²) in [6.07, 6.45) is -2.77.